The van der Waals surface area contributed by atoms with E-state index in [9.17, 15) is 0 Å². The van der Waals surface area contributed by atoms with Gasteiger partial charge in [-0.05, 0) is 30.9 Å². The van der Waals surface area contributed by atoms with Gasteiger partial charge in [0.2, 0.25) is 0 Å². The average molecular weight is 309 g/mol. The molecule has 1 aromatic rings. The molecule has 0 amide bonds. The van der Waals surface area contributed by atoms with Gasteiger partial charge in [-0.2, -0.15) is 0 Å². The Labute approximate surface area is 128 Å². The maximum atomic E-state index is 5.62. The van der Waals surface area contributed by atoms with Gasteiger partial charge in [0, 0.05) is 26.2 Å². The lowest BCUT2D eigenvalue weighted by Gasteiger charge is -2.34. The third-order valence-electron chi connectivity index (χ3n) is 3.48. The average Bonchev–Trinajstić information content (AvgIpc) is 2.84. The molecule has 112 valence electrons. The summed E-state index contributed by atoms with van der Waals surface area (Å²) >= 11 is 0. The molecule has 5 heteroatoms. The summed E-state index contributed by atoms with van der Waals surface area (Å²) in [6.45, 7) is 9.03. The van der Waals surface area contributed by atoms with Crippen molar-refractivity contribution in [3.8, 4) is 0 Å². The summed E-state index contributed by atoms with van der Waals surface area (Å²) in [6, 6.07) is 4.59. The number of hydrogen-bond acceptors (Lipinski definition) is 3. The van der Waals surface area contributed by atoms with E-state index >= 15 is 0 Å². The normalized spacial score (nSPS) is 17.6. The van der Waals surface area contributed by atoms with E-state index in [1.54, 1.807) is 6.26 Å². The van der Waals surface area contributed by atoms with Crippen LogP contribution < -0.4 is 5.32 Å². The van der Waals surface area contributed by atoms with E-state index in [4.69, 9.17) is 4.42 Å². The van der Waals surface area contributed by atoms with Crippen LogP contribution in [-0.2, 0) is 0 Å². The first-order chi connectivity index (χ1) is 8.27. The Balaban J connectivity index is 0.00000162. The zero-order valence-electron chi connectivity index (χ0n) is 11.8. The van der Waals surface area contributed by atoms with Gasteiger partial charge >= 0.3 is 0 Å². The van der Waals surface area contributed by atoms with E-state index < -0.39 is 0 Å². The van der Waals surface area contributed by atoms with Crippen molar-refractivity contribution in [3.05, 3.63) is 24.2 Å². The molecule has 2 heterocycles. The summed E-state index contributed by atoms with van der Waals surface area (Å²) in [5, 5.41) is 3.41. The van der Waals surface area contributed by atoms with Crippen LogP contribution in [0.2, 0.25) is 0 Å². The van der Waals surface area contributed by atoms with Crippen molar-refractivity contribution in [3.63, 3.8) is 0 Å². The van der Waals surface area contributed by atoms with E-state index in [0.29, 0.717) is 6.04 Å². The molecule has 1 fully saturated rings. The van der Waals surface area contributed by atoms with Crippen LogP contribution >= 0.6 is 24.8 Å². The van der Waals surface area contributed by atoms with Gasteiger partial charge in [0.15, 0.2) is 0 Å². The molecule has 0 radical (unpaired) electrons. The molecule has 1 atom stereocenters. The molecule has 0 spiro atoms. The van der Waals surface area contributed by atoms with Gasteiger partial charge in [-0.25, -0.2) is 0 Å². The van der Waals surface area contributed by atoms with Gasteiger partial charge in [-0.1, -0.05) is 13.8 Å². The fourth-order valence-electron chi connectivity index (χ4n) is 2.47. The van der Waals surface area contributed by atoms with Crippen molar-refractivity contribution in [1.82, 2.24) is 10.2 Å². The third-order valence-corrected chi connectivity index (χ3v) is 3.48. The molecule has 0 aliphatic carbocycles. The van der Waals surface area contributed by atoms with E-state index in [1.807, 2.05) is 6.07 Å². The monoisotopic (exact) mass is 308 g/mol. The van der Waals surface area contributed by atoms with Crippen molar-refractivity contribution in [2.75, 3.05) is 26.2 Å². The Hall–Kier alpha value is -0.220. The highest BCUT2D eigenvalue weighted by Gasteiger charge is 2.23. The predicted octanol–water partition coefficient (Wildman–Crippen LogP) is 3.51. The zero-order chi connectivity index (χ0) is 12.1. The molecule has 0 saturated carbocycles. The van der Waals surface area contributed by atoms with Gasteiger partial charge in [-0.3, -0.25) is 4.90 Å². The minimum Gasteiger partial charge on any atom is -0.468 e. The second-order valence-electron chi connectivity index (χ2n) is 5.29. The number of furan rings is 1. The van der Waals surface area contributed by atoms with E-state index in [1.165, 1.54) is 12.8 Å². The predicted molar refractivity (Wildman–Crippen MR) is 84.5 cm³/mol. The summed E-state index contributed by atoms with van der Waals surface area (Å²) in [6.07, 6.45) is 4.25. The Morgan fingerprint density at radius 3 is 2.42 bits per heavy atom. The third kappa shape index (κ3) is 5.74. The zero-order valence-corrected chi connectivity index (χ0v) is 13.4. The second-order valence-corrected chi connectivity index (χ2v) is 5.29. The molecule has 19 heavy (non-hydrogen) atoms. The number of rotatable bonds is 5. The fraction of sp³-hybridized carbons (Fsp3) is 0.714. The van der Waals surface area contributed by atoms with Crippen LogP contribution in [0.5, 0.6) is 0 Å². The quantitative estimate of drug-likeness (QED) is 0.902. The molecule has 1 N–H and O–H groups in total. The standard InChI is InChI=1S/C14H24N2O.2ClH/c1-12(2)5-6-13(14-4-3-11-17-14)16-9-7-15-8-10-16;;/h3-4,11-13,15H,5-10H2,1-2H3;2*1H/t13-;;/m1../s1. The maximum absolute atomic E-state index is 5.62. The number of hydrogen-bond donors (Lipinski definition) is 1. The minimum absolute atomic E-state index is 0. The van der Waals surface area contributed by atoms with Crippen LogP contribution in [0, 0.1) is 5.92 Å². The summed E-state index contributed by atoms with van der Waals surface area (Å²) < 4.78 is 5.62. The summed E-state index contributed by atoms with van der Waals surface area (Å²) in [4.78, 5) is 2.55. The van der Waals surface area contributed by atoms with Gasteiger partial charge in [0.1, 0.15) is 5.76 Å². The summed E-state index contributed by atoms with van der Waals surface area (Å²) in [5.41, 5.74) is 0. The first-order valence-corrected chi connectivity index (χ1v) is 6.75. The Bertz CT molecular complexity index is 311. The molecule has 3 nitrogen and oxygen atoms in total. The molecule has 2 rings (SSSR count). The summed E-state index contributed by atoms with van der Waals surface area (Å²) in [5.74, 6) is 1.89. The molecule has 1 aliphatic heterocycles. The largest absolute Gasteiger partial charge is 0.468 e. The molecule has 1 saturated heterocycles. The molecule has 1 aromatic heterocycles. The van der Waals surface area contributed by atoms with E-state index in [2.05, 4.69) is 30.1 Å². The lowest BCUT2D eigenvalue weighted by molar-refractivity contribution is 0.141. The smallest absolute Gasteiger partial charge is 0.120 e. The van der Waals surface area contributed by atoms with Crippen LogP contribution in [0.1, 0.15) is 38.5 Å². The van der Waals surface area contributed by atoms with E-state index in [0.717, 1.165) is 37.9 Å². The summed E-state index contributed by atoms with van der Waals surface area (Å²) in [7, 11) is 0. The van der Waals surface area contributed by atoms with Crippen LogP contribution in [0.15, 0.2) is 22.8 Å². The van der Waals surface area contributed by atoms with Crippen LogP contribution in [0.4, 0.5) is 0 Å². The van der Waals surface area contributed by atoms with E-state index in [-0.39, 0.29) is 24.8 Å². The van der Waals surface area contributed by atoms with Gasteiger partial charge < -0.3 is 9.73 Å². The Kier molecular flexibility index (Phi) is 9.54. The number of piperazine rings is 1. The second kappa shape index (κ2) is 9.65. The first kappa shape index (κ1) is 18.8. The highest BCUT2D eigenvalue weighted by molar-refractivity contribution is 5.85. The number of nitrogens with zero attached hydrogens (tertiary/aromatic N) is 1. The fourth-order valence-corrected chi connectivity index (χ4v) is 2.47. The molecule has 0 aromatic carbocycles. The van der Waals surface area contributed by atoms with Crippen molar-refractivity contribution in [2.24, 2.45) is 5.92 Å². The highest BCUT2D eigenvalue weighted by Crippen LogP contribution is 2.27. The van der Waals surface area contributed by atoms with Crippen molar-refractivity contribution in [2.45, 2.75) is 32.7 Å². The topological polar surface area (TPSA) is 28.4 Å². The van der Waals surface area contributed by atoms with Gasteiger partial charge in [-0.15, -0.1) is 24.8 Å². The number of halogens is 2. The van der Waals surface area contributed by atoms with Crippen molar-refractivity contribution in [1.29, 1.82) is 0 Å². The molecular weight excluding hydrogens is 283 g/mol. The molecule has 1 aliphatic rings. The SMILES string of the molecule is CC(C)CC[C@H](c1ccco1)N1CCNCC1.Cl.Cl. The van der Waals surface area contributed by atoms with Gasteiger partial charge in [0.05, 0.1) is 12.3 Å². The minimum atomic E-state index is 0. The molecule has 0 bridgehead atoms. The lowest BCUT2D eigenvalue weighted by Crippen LogP contribution is -2.45. The molecule has 0 unspecified atom stereocenters. The highest BCUT2D eigenvalue weighted by atomic mass is 35.5. The van der Waals surface area contributed by atoms with Crippen molar-refractivity contribution >= 4 is 24.8 Å². The Morgan fingerprint density at radius 2 is 1.89 bits per heavy atom. The van der Waals surface area contributed by atoms with Crippen molar-refractivity contribution < 1.29 is 4.42 Å². The van der Waals surface area contributed by atoms with Crippen LogP contribution in [0.3, 0.4) is 0 Å². The maximum Gasteiger partial charge on any atom is 0.120 e. The van der Waals surface area contributed by atoms with Crippen LogP contribution in [0.25, 0.3) is 0 Å². The van der Waals surface area contributed by atoms with Crippen LogP contribution in [-0.4, -0.2) is 31.1 Å². The Morgan fingerprint density at radius 1 is 1.21 bits per heavy atom. The molecular formula is C14H26Cl2N2O. The lowest BCUT2D eigenvalue weighted by atomic mass is 10.00. The first-order valence-electron chi connectivity index (χ1n) is 6.75. The van der Waals surface area contributed by atoms with Gasteiger partial charge in [0.25, 0.3) is 0 Å². The number of nitrogens with one attached hydrogen (secondary N) is 1.